The van der Waals surface area contributed by atoms with Gasteiger partial charge in [0.25, 0.3) is 0 Å². The van der Waals surface area contributed by atoms with Gasteiger partial charge in [-0.1, -0.05) is 63.8 Å². The van der Waals surface area contributed by atoms with Gasteiger partial charge in [-0.25, -0.2) is 0 Å². The lowest BCUT2D eigenvalue weighted by atomic mass is 9.96. The Morgan fingerprint density at radius 3 is 2.44 bits per heavy atom. The van der Waals surface area contributed by atoms with Crippen molar-refractivity contribution in [3.8, 4) is 0 Å². The molecule has 1 aromatic rings. The highest BCUT2D eigenvalue weighted by Gasteiger charge is 2.11. The molecule has 0 amide bonds. The first-order chi connectivity index (χ1) is 8.79. The van der Waals surface area contributed by atoms with Crippen molar-refractivity contribution in [2.45, 2.75) is 65.3 Å². The highest BCUT2D eigenvalue weighted by atomic mass is 14.9. The van der Waals surface area contributed by atoms with E-state index in [4.69, 9.17) is 0 Å². The van der Waals surface area contributed by atoms with E-state index in [0.717, 1.165) is 6.54 Å². The zero-order valence-corrected chi connectivity index (χ0v) is 12.3. The first kappa shape index (κ1) is 15.2. The van der Waals surface area contributed by atoms with E-state index in [1.54, 1.807) is 0 Å². The van der Waals surface area contributed by atoms with E-state index in [-0.39, 0.29) is 0 Å². The van der Waals surface area contributed by atoms with Gasteiger partial charge in [-0.2, -0.15) is 0 Å². The second-order valence-corrected chi connectivity index (χ2v) is 5.21. The highest BCUT2D eigenvalue weighted by molar-refractivity contribution is 5.28. The number of aryl methyl sites for hydroxylation is 1. The molecule has 0 heterocycles. The summed E-state index contributed by atoms with van der Waals surface area (Å²) in [7, 11) is 0. The fourth-order valence-corrected chi connectivity index (χ4v) is 2.44. The minimum absolute atomic E-state index is 0.544. The molecule has 1 nitrogen and oxygen atoms in total. The number of nitrogens with one attached hydrogen (secondary N) is 1. The number of unbranched alkanes of at least 4 members (excludes halogenated alkanes) is 3. The molecule has 1 aromatic carbocycles. The van der Waals surface area contributed by atoms with Gasteiger partial charge in [-0.15, -0.1) is 0 Å². The van der Waals surface area contributed by atoms with Crippen molar-refractivity contribution in [3.05, 3.63) is 35.4 Å². The zero-order valence-electron chi connectivity index (χ0n) is 12.3. The maximum atomic E-state index is 3.70. The van der Waals surface area contributed by atoms with Crippen molar-refractivity contribution >= 4 is 0 Å². The van der Waals surface area contributed by atoms with Gasteiger partial charge in [0.05, 0.1) is 0 Å². The molecule has 0 aliphatic carbocycles. The summed E-state index contributed by atoms with van der Waals surface area (Å²) in [6.07, 6.45) is 7.87. The van der Waals surface area contributed by atoms with Crippen molar-refractivity contribution in [3.63, 3.8) is 0 Å². The third-order valence-corrected chi connectivity index (χ3v) is 3.55. The van der Waals surface area contributed by atoms with E-state index in [2.05, 4.69) is 50.4 Å². The quantitative estimate of drug-likeness (QED) is 0.605. The van der Waals surface area contributed by atoms with Crippen LogP contribution < -0.4 is 5.32 Å². The Labute approximate surface area is 113 Å². The molecule has 1 unspecified atom stereocenters. The molecule has 1 rings (SSSR count). The van der Waals surface area contributed by atoms with Crippen LogP contribution in [0.1, 0.15) is 69.5 Å². The zero-order chi connectivity index (χ0) is 13.2. The summed E-state index contributed by atoms with van der Waals surface area (Å²) in [6, 6.07) is 9.34. The Morgan fingerprint density at radius 2 is 1.78 bits per heavy atom. The summed E-state index contributed by atoms with van der Waals surface area (Å²) < 4.78 is 0. The molecule has 0 saturated heterocycles. The summed E-state index contributed by atoms with van der Waals surface area (Å²) in [5.74, 6) is 0. The minimum atomic E-state index is 0.544. The molecule has 0 aliphatic rings. The predicted molar refractivity (Wildman–Crippen MR) is 81.0 cm³/mol. The van der Waals surface area contributed by atoms with Gasteiger partial charge in [0, 0.05) is 6.04 Å². The van der Waals surface area contributed by atoms with Gasteiger partial charge < -0.3 is 5.32 Å². The molecule has 0 aromatic heterocycles. The predicted octanol–water partition coefficient (Wildman–Crippen LogP) is 5.01. The molecule has 0 radical (unpaired) electrons. The van der Waals surface area contributed by atoms with E-state index < -0.39 is 0 Å². The van der Waals surface area contributed by atoms with Gasteiger partial charge in [0.2, 0.25) is 0 Å². The summed E-state index contributed by atoms with van der Waals surface area (Å²) in [5.41, 5.74) is 2.91. The molecule has 0 aliphatic heterocycles. The van der Waals surface area contributed by atoms with Crippen LogP contribution in [0.3, 0.4) is 0 Å². The third-order valence-electron chi connectivity index (χ3n) is 3.55. The van der Waals surface area contributed by atoms with Crippen molar-refractivity contribution in [1.82, 2.24) is 5.32 Å². The van der Waals surface area contributed by atoms with Crippen molar-refractivity contribution in [1.29, 1.82) is 0 Å². The minimum Gasteiger partial charge on any atom is -0.310 e. The number of benzene rings is 1. The van der Waals surface area contributed by atoms with Crippen LogP contribution in [0.25, 0.3) is 0 Å². The Hall–Kier alpha value is -0.820. The van der Waals surface area contributed by atoms with Gasteiger partial charge >= 0.3 is 0 Å². The van der Waals surface area contributed by atoms with Crippen LogP contribution in [0.15, 0.2) is 24.3 Å². The lowest BCUT2D eigenvalue weighted by Crippen LogP contribution is -2.22. The second-order valence-electron chi connectivity index (χ2n) is 5.21. The van der Waals surface area contributed by atoms with E-state index >= 15 is 0 Å². The molecule has 18 heavy (non-hydrogen) atoms. The van der Waals surface area contributed by atoms with E-state index in [9.17, 15) is 0 Å². The molecule has 102 valence electrons. The van der Waals surface area contributed by atoms with Crippen LogP contribution in [0.5, 0.6) is 0 Å². The summed E-state index contributed by atoms with van der Waals surface area (Å²) in [6.45, 7) is 7.85. The SMILES string of the molecule is CCCCCCC(NCCC)c1ccccc1C. The fraction of sp³-hybridized carbons (Fsp3) is 0.647. The summed E-state index contributed by atoms with van der Waals surface area (Å²) in [4.78, 5) is 0. The lowest BCUT2D eigenvalue weighted by molar-refractivity contribution is 0.469. The average molecular weight is 247 g/mol. The van der Waals surface area contributed by atoms with Crippen LogP contribution in [0.2, 0.25) is 0 Å². The average Bonchev–Trinajstić information content (AvgIpc) is 2.39. The lowest BCUT2D eigenvalue weighted by Gasteiger charge is -2.21. The van der Waals surface area contributed by atoms with Crippen molar-refractivity contribution in [2.75, 3.05) is 6.54 Å². The van der Waals surface area contributed by atoms with Gasteiger partial charge in [-0.3, -0.25) is 0 Å². The maximum absolute atomic E-state index is 3.70. The fourth-order valence-electron chi connectivity index (χ4n) is 2.44. The molecule has 1 N–H and O–H groups in total. The van der Waals surface area contributed by atoms with Gasteiger partial charge in [0.1, 0.15) is 0 Å². The molecule has 0 spiro atoms. The highest BCUT2D eigenvalue weighted by Crippen LogP contribution is 2.23. The van der Waals surface area contributed by atoms with E-state index in [1.807, 2.05) is 0 Å². The molecular formula is C17H29N. The number of rotatable bonds is 9. The van der Waals surface area contributed by atoms with Crippen LogP contribution in [-0.4, -0.2) is 6.54 Å². The first-order valence-electron chi connectivity index (χ1n) is 7.58. The molecular weight excluding hydrogens is 218 g/mol. The van der Waals surface area contributed by atoms with Crippen molar-refractivity contribution in [2.24, 2.45) is 0 Å². The molecule has 1 heteroatoms. The maximum Gasteiger partial charge on any atom is 0.0322 e. The second kappa shape index (κ2) is 9.16. The Balaban J connectivity index is 2.57. The molecule has 1 atom stereocenters. The monoisotopic (exact) mass is 247 g/mol. The molecule has 0 fully saturated rings. The molecule has 0 bridgehead atoms. The van der Waals surface area contributed by atoms with Crippen LogP contribution in [0, 0.1) is 6.92 Å². The standard InChI is InChI=1S/C17H29N/c1-4-6-7-8-13-17(18-14-5-2)16-12-10-9-11-15(16)3/h9-12,17-18H,4-8,13-14H2,1-3H3. The van der Waals surface area contributed by atoms with E-state index in [1.165, 1.54) is 49.7 Å². The Bertz CT molecular complexity index is 319. The summed E-state index contributed by atoms with van der Waals surface area (Å²) in [5, 5.41) is 3.70. The van der Waals surface area contributed by atoms with Crippen LogP contribution in [-0.2, 0) is 0 Å². The van der Waals surface area contributed by atoms with E-state index in [0.29, 0.717) is 6.04 Å². The van der Waals surface area contributed by atoms with Crippen LogP contribution in [0.4, 0.5) is 0 Å². The molecule has 0 saturated carbocycles. The summed E-state index contributed by atoms with van der Waals surface area (Å²) >= 11 is 0. The first-order valence-corrected chi connectivity index (χ1v) is 7.58. The number of hydrogen-bond acceptors (Lipinski definition) is 1. The van der Waals surface area contributed by atoms with Gasteiger partial charge in [-0.05, 0) is 37.4 Å². The van der Waals surface area contributed by atoms with Crippen LogP contribution >= 0.6 is 0 Å². The Kier molecular flexibility index (Phi) is 7.75. The normalized spacial score (nSPS) is 12.6. The Morgan fingerprint density at radius 1 is 1.00 bits per heavy atom. The smallest absolute Gasteiger partial charge is 0.0322 e. The topological polar surface area (TPSA) is 12.0 Å². The van der Waals surface area contributed by atoms with Crippen molar-refractivity contribution < 1.29 is 0 Å². The third kappa shape index (κ3) is 5.22. The number of hydrogen-bond donors (Lipinski definition) is 1. The largest absolute Gasteiger partial charge is 0.310 e. The van der Waals surface area contributed by atoms with Gasteiger partial charge in [0.15, 0.2) is 0 Å².